The Labute approximate surface area is 146 Å². The van der Waals surface area contributed by atoms with Crippen molar-refractivity contribution in [3.05, 3.63) is 0 Å². The number of ether oxygens (including phenoxy) is 3. The first-order valence-electron chi connectivity index (χ1n) is 9.29. The van der Waals surface area contributed by atoms with Crippen molar-refractivity contribution in [3.8, 4) is 0 Å². The molecule has 24 heavy (non-hydrogen) atoms. The van der Waals surface area contributed by atoms with Crippen molar-refractivity contribution in [3.63, 3.8) is 0 Å². The molecule has 0 unspecified atom stereocenters. The SMILES string of the molecule is CCOC(=O)[C@]1(C)C[C@]1(C)CC[C@@H](C)O[C@@H]1O[C@@H](C)[C@H](O)C[C@H]1C. The lowest BCUT2D eigenvalue weighted by molar-refractivity contribution is -0.255. The smallest absolute Gasteiger partial charge is 0.312 e. The van der Waals surface area contributed by atoms with Gasteiger partial charge in [-0.1, -0.05) is 13.8 Å². The lowest BCUT2D eigenvalue weighted by Gasteiger charge is -2.37. The zero-order valence-corrected chi connectivity index (χ0v) is 16.0. The minimum absolute atomic E-state index is 0.000598. The molecule has 2 fully saturated rings. The summed E-state index contributed by atoms with van der Waals surface area (Å²) in [6.07, 6.45) is 2.60. The molecule has 7 atom stereocenters. The summed E-state index contributed by atoms with van der Waals surface area (Å²) in [6.45, 7) is 12.4. The molecule has 0 aromatic heterocycles. The van der Waals surface area contributed by atoms with Gasteiger partial charge in [-0.2, -0.15) is 0 Å². The largest absolute Gasteiger partial charge is 0.466 e. The highest BCUT2D eigenvalue weighted by Crippen LogP contribution is 2.66. The molecule has 2 aliphatic rings. The number of carbonyl (C=O) groups excluding carboxylic acids is 1. The summed E-state index contributed by atoms with van der Waals surface area (Å²) in [6, 6.07) is 0. The van der Waals surface area contributed by atoms with E-state index in [0.29, 0.717) is 13.0 Å². The molecule has 2 rings (SSSR count). The third kappa shape index (κ3) is 3.94. The van der Waals surface area contributed by atoms with Crippen LogP contribution in [0.3, 0.4) is 0 Å². The predicted molar refractivity (Wildman–Crippen MR) is 91.4 cm³/mol. The average molecular weight is 342 g/mol. The molecule has 0 amide bonds. The molecule has 1 aliphatic carbocycles. The van der Waals surface area contributed by atoms with Crippen LogP contribution in [-0.4, -0.2) is 42.3 Å². The Morgan fingerprint density at radius 1 is 1.38 bits per heavy atom. The molecular formula is C19H34O5. The molecule has 5 heteroatoms. The lowest BCUT2D eigenvalue weighted by Crippen LogP contribution is -2.44. The van der Waals surface area contributed by atoms with Crippen LogP contribution in [0.5, 0.6) is 0 Å². The Balaban J connectivity index is 1.80. The van der Waals surface area contributed by atoms with E-state index >= 15 is 0 Å². The van der Waals surface area contributed by atoms with Crippen molar-refractivity contribution < 1.29 is 24.1 Å². The predicted octanol–water partition coefficient (Wildman–Crippen LogP) is 3.28. The molecule has 1 saturated heterocycles. The van der Waals surface area contributed by atoms with Gasteiger partial charge in [0.2, 0.25) is 0 Å². The van der Waals surface area contributed by atoms with Crippen LogP contribution in [0, 0.1) is 16.7 Å². The maximum atomic E-state index is 12.1. The maximum Gasteiger partial charge on any atom is 0.312 e. The number of esters is 1. The van der Waals surface area contributed by atoms with Gasteiger partial charge in [-0.3, -0.25) is 4.79 Å². The van der Waals surface area contributed by atoms with Crippen LogP contribution in [0.15, 0.2) is 0 Å². The van der Waals surface area contributed by atoms with E-state index in [1.54, 1.807) is 0 Å². The van der Waals surface area contributed by atoms with E-state index in [9.17, 15) is 9.90 Å². The first kappa shape index (κ1) is 19.7. The number of aliphatic hydroxyl groups excluding tert-OH is 1. The molecule has 1 heterocycles. The molecule has 1 N–H and O–H groups in total. The first-order valence-corrected chi connectivity index (χ1v) is 9.29. The monoisotopic (exact) mass is 342 g/mol. The fourth-order valence-corrected chi connectivity index (χ4v) is 3.81. The second-order valence-electron chi connectivity index (χ2n) is 8.27. The van der Waals surface area contributed by atoms with Crippen LogP contribution in [0.1, 0.15) is 67.2 Å². The van der Waals surface area contributed by atoms with E-state index < -0.39 is 6.10 Å². The van der Waals surface area contributed by atoms with E-state index in [2.05, 4.69) is 13.8 Å². The maximum absolute atomic E-state index is 12.1. The third-order valence-electron chi connectivity index (χ3n) is 6.11. The molecule has 140 valence electrons. The lowest BCUT2D eigenvalue weighted by atomic mass is 9.90. The van der Waals surface area contributed by atoms with Crippen molar-refractivity contribution in [1.82, 2.24) is 0 Å². The number of hydrogen-bond acceptors (Lipinski definition) is 5. The summed E-state index contributed by atoms with van der Waals surface area (Å²) in [5.41, 5.74) is -0.352. The minimum atomic E-state index is -0.411. The average Bonchev–Trinajstić information content (AvgIpc) is 3.07. The van der Waals surface area contributed by atoms with Crippen molar-refractivity contribution in [2.75, 3.05) is 6.61 Å². The normalized spacial score (nSPS) is 43.3. The quantitative estimate of drug-likeness (QED) is 0.719. The zero-order valence-electron chi connectivity index (χ0n) is 16.0. The van der Waals surface area contributed by atoms with Gasteiger partial charge in [0.1, 0.15) is 0 Å². The second kappa shape index (κ2) is 7.30. The molecule has 0 radical (unpaired) electrons. The summed E-state index contributed by atoms with van der Waals surface area (Å²) in [5.74, 6) is 0.105. The van der Waals surface area contributed by atoms with Crippen LogP contribution < -0.4 is 0 Å². The standard InChI is InChI=1S/C19H34O5/c1-7-22-17(21)19(6)11-18(19,5)9-8-13(3)23-16-12(2)10-15(20)14(4)24-16/h12-16,20H,7-11H2,1-6H3/t12-,13-,14+,15-,16-,18+,19+/m1/s1. The number of carbonyl (C=O) groups is 1. The van der Waals surface area contributed by atoms with Gasteiger partial charge in [-0.25, -0.2) is 0 Å². The molecular weight excluding hydrogens is 308 g/mol. The van der Waals surface area contributed by atoms with E-state index in [4.69, 9.17) is 14.2 Å². The van der Waals surface area contributed by atoms with Crippen LogP contribution >= 0.6 is 0 Å². The molecule has 0 aromatic rings. The van der Waals surface area contributed by atoms with Gasteiger partial charge < -0.3 is 19.3 Å². The van der Waals surface area contributed by atoms with Crippen LogP contribution in [0.2, 0.25) is 0 Å². The highest BCUT2D eigenvalue weighted by atomic mass is 16.7. The minimum Gasteiger partial charge on any atom is -0.466 e. The summed E-state index contributed by atoms with van der Waals surface area (Å²) >= 11 is 0. The van der Waals surface area contributed by atoms with Gasteiger partial charge in [0.15, 0.2) is 6.29 Å². The summed E-state index contributed by atoms with van der Waals surface area (Å²) in [5, 5.41) is 9.85. The van der Waals surface area contributed by atoms with Gasteiger partial charge in [-0.15, -0.1) is 0 Å². The first-order chi connectivity index (χ1) is 11.1. The summed E-state index contributed by atoms with van der Waals surface area (Å²) in [7, 11) is 0. The van der Waals surface area contributed by atoms with E-state index in [1.165, 1.54) is 0 Å². The number of rotatable bonds is 7. The van der Waals surface area contributed by atoms with Crippen molar-refractivity contribution in [1.29, 1.82) is 0 Å². The fourth-order valence-electron chi connectivity index (χ4n) is 3.81. The molecule has 0 aromatic carbocycles. The highest BCUT2D eigenvalue weighted by Gasteiger charge is 2.66. The topological polar surface area (TPSA) is 65.0 Å². The van der Waals surface area contributed by atoms with E-state index in [1.807, 2.05) is 27.7 Å². The Bertz CT molecular complexity index is 453. The van der Waals surface area contributed by atoms with Crippen molar-refractivity contribution in [2.45, 2.75) is 91.8 Å². The second-order valence-corrected chi connectivity index (χ2v) is 8.27. The van der Waals surface area contributed by atoms with E-state index in [-0.39, 0.29) is 41.2 Å². The zero-order chi connectivity index (χ0) is 18.1. The number of hydrogen-bond donors (Lipinski definition) is 1. The molecule has 0 bridgehead atoms. The highest BCUT2D eigenvalue weighted by molar-refractivity contribution is 5.81. The Kier molecular flexibility index (Phi) is 5.99. The summed E-state index contributed by atoms with van der Waals surface area (Å²) in [4.78, 5) is 12.1. The van der Waals surface area contributed by atoms with Gasteiger partial charge in [-0.05, 0) is 58.8 Å². The Morgan fingerprint density at radius 2 is 2.04 bits per heavy atom. The van der Waals surface area contributed by atoms with Crippen molar-refractivity contribution >= 4 is 5.97 Å². The summed E-state index contributed by atoms with van der Waals surface area (Å²) < 4.78 is 17.1. The van der Waals surface area contributed by atoms with Crippen LogP contribution in [-0.2, 0) is 19.0 Å². The number of aliphatic hydroxyl groups is 1. The van der Waals surface area contributed by atoms with Crippen molar-refractivity contribution in [2.24, 2.45) is 16.7 Å². The molecule has 5 nitrogen and oxygen atoms in total. The van der Waals surface area contributed by atoms with Gasteiger partial charge in [0, 0.05) is 5.92 Å². The van der Waals surface area contributed by atoms with Crippen LogP contribution in [0.25, 0.3) is 0 Å². The molecule has 0 spiro atoms. The fraction of sp³-hybridized carbons (Fsp3) is 0.947. The third-order valence-corrected chi connectivity index (χ3v) is 6.11. The van der Waals surface area contributed by atoms with Gasteiger partial charge >= 0.3 is 5.97 Å². The molecule has 1 aliphatic heterocycles. The van der Waals surface area contributed by atoms with Gasteiger partial charge in [0.05, 0.1) is 30.3 Å². The van der Waals surface area contributed by atoms with Gasteiger partial charge in [0.25, 0.3) is 0 Å². The molecule has 1 saturated carbocycles. The Morgan fingerprint density at radius 3 is 2.67 bits per heavy atom. The van der Waals surface area contributed by atoms with E-state index in [0.717, 1.165) is 19.3 Å². The Hall–Kier alpha value is -0.650. The van der Waals surface area contributed by atoms with Crippen LogP contribution in [0.4, 0.5) is 0 Å².